The molecule has 0 radical (unpaired) electrons. The molecule has 1 aromatic rings. The minimum Gasteiger partial charge on any atom is -0.494 e. The van der Waals surface area contributed by atoms with Crippen LogP contribution >= 0.6 is 12.4 Å². The number of carbonyl (C=O) groups is 1. The predicted molar refractivity (Wildman–Crippen MR) is 91.4 cm³/mol. The molecule has 124 valence electrons. The van der Waals surface area contributed by atoms with Crippen LogP contribution in [0.1, 0.15) is 50.2 Å². The van der Waals surface area contributed by atoms with E-state index in [9.17, 15) is 4.79 Å². The molecule has 0 heterocycles. The summed E-state index contributed by atoms with van der Waals surface area (Å²) < 4.78 is 5.64. The van der Waals surface area contributed by atoms with Crippen LogP contribution in [-0.4, -0.2) is 18.1 Å². The van der Waals surface area contributed by atoms with Gasteiger partial charge in [0.1, 0.15) is 5.75 Å². The Kier molecular flexibility index (Phi) is 7.17. The first-order valence-electron chi connectivity index (χ1n) is 7.84. The zero-order chi connectivity index (χ0) is 15.3. The van der Waals surface area contributed by atoms with E-state index in [1.54, 1.807) is 0 Å². The molecule has 22 heavy (non-hydrogen) atoms. The van der Waals surface area contributed by atoms with Crippen LogP contribution in [0.3, 0.4) is 0 Å². The number of hydrogen-bond acceptors (Lipinski definition) is 3. The van der Waals surface area contributed by atoms with Gasteiger partial charge in [-0.1, -0.05) is 31.4 Å². The van der Waals surface area contributed by atoms with Crippen molar-refractivity contribution in [2.75, 3.05) is 6.61 Å². The fourth-order valence-corrected chi connectivity index (χ4v) is 2.86. The van der Waals surface area contributed by atoms with Crippen LogP contribution < -0.4 is 15.8 Å². The Balaban J connectivity index is 0.00000242. The van der Waals surface area contributed by atoms with Crippen LogP contribution in [0.2, 0.25) is 0 Å². The highest BCUT2D eigenvalue weighted by Gasteiger charge is 2.34. The molecule has 1 aromatic carbocycles. The maximum absolute atomic E-state index is 12.4. The zero-order valence-corrected chi connectivity index (χ0v) is 14.3. The van der Waals surface area contributed by atoms with E-state index in [1.807, 2.05) is 32.0 Å². The molecule has 2 rings (SSSR count). The third-order valence-corrected chi connectivity index (χ3v) is 4.16. The molecule has 5 heteroatoms. The number of nitrogens with two attached hydrogens (primary N) is 1. The van der Waals surface area contributed by atoms with Gasteiger partial charge in [-0.2, -0.15) is 0 Å². The molecule has 1 saturated carbocycles. The molecule has 0 bridgehead atoms. The second-order valence-electron chi connectivity index (χ2n) is 5.94. The first kappa shape index (κ1) is 18.8. The molecule has 4 nitrogen and oxygen atoms in total. The zero-order valence-electron chi connectivity index (χ0n) is 13.5. The topological polar surface area (TPSA) is 64.3 Å². The van der Waals surface area contributed by atoms with Crippen LogP contribution in [0.5, 0.6) is 5.75 Å². The standard InChI is InChI=1S/C17H26N2O2.ClH/c1-3-21-15-11-13(2)7-8-14(15)12-19-16(20)17(18)9-5-4-6-10-17;/h7-8,11H,3-6,9-10,12,18H2,1-2H3,(H,19,20);1H. The van der Waals surface area contributed by atoms with E-state index in [0.717, 1.165) is 42.6 Å². The van der Waals surface area contributed by atoms with Gasteiger partial charge < -0.3 is 15.8 Å². The molecule has 0 spiro atoms. The Morgan fingerprint density at radius 3 is 2.64 bits per heavy atom. The smallest absolute Gasteiger partial charge is 0.240 e. The largest absolute Gasteiger partial charge is 0.494 e. The highest BCUT2D eigenvalue weighted by atomic mass is 35.5. The molecular formula is C17H27ClN2O2. The molecule has 1 aliphatic rings. The van der Waals surface area contributed by atoms with E-state index >= 15 is 0 Å². The van der Waals surface area contributed by atoms with Crippen molar-refractivity contribution in [2.45, 2.75) is 58.0 Å². The summed E-state index contributed by atoms with van der Waals surface area (Å²) >= 11 is 0. The van der Waals surface area contributed by atoms with E-state index in [2.05, 4.69) is 5.32 Å². The van der Waals surface area contributed by atoms with E-state index in [1.165, 1.54) is 6.42 Å². The van der Waals surface area contributed by atoms with Crippen molar-refractivity contribution < 1.29 is 9.53 Å². The molecule has 0 saturated heterocycles. The monoisotopic (exact) mass is 326 g/mol. The number of ether oxygens (including phenoxy) is 1. The predicted octanol–water partition coefficient (Wildman–Crippen LogP) is 3.09. The van der Waals surface area contributed by atoms with Crippen LogP contribution in [0.25, 0.3) is 0 Å². The van der Waals surface area contributed by atoms with Crippen molar-refractivity contribution in [3.63, 3.8) is 0 Å². The number of nitrogens with one attached hydrogen (secondary N) is 1. The third kappa shape index (κ3) is 4.62. The summed E-state index contributed by atoms with van der Waals surface area (Å²) in [7, 11) is 0. The fraction of sp³-hybridized carbons (Fsp3) is 0.588. The lowest BCUT2D eigenvalue weighted by molar-refractivity contribution is -0.127. The van der Waals surface area contributed by atoms with Gasteiger partial charge in [-0.3, -0.25) is 4.79 Å². The first-order valence-corrected chi connectivity index (χ1v) is 7.84. The van der Waals surface area contributed by atoms with Gasteiger partial charge in [-0.25, -0.2) is 0 Å². The molecule has 0 aromatic heterocycles. The normalized spacial score (nSPS) is 16.5. The van der Waals surface area contributed by atoms with Gasteiger partial charge in [-0.15, -0.1) is 12.4 Å². The van der Waals surface area contributed by atoms with Crippen molar-refractivity contribution >= 4 is 18.3 Å². The third-order valence-electron chi connectivity index (χ3n) is 4.16. The molecule has 0 atom stereocenters. The van der Waals surface area contributed by atoms with Gasteiger partial charge >= 0.3 is 0 Å². The number of amides is 1. The molecule has 3 N–H and O–H groups in total. The average Bonchev–Trinajstić information content (AvgIpc) is 2.47. The van der Waals surface area contributed by atoms with Crippen molar-refractivity contribution in [3.05, 3.63) is 29.3 Å². The van der Waals surface area contributed by atoms with Gasteiger partial charge in [0.05, 0.1) is 12.1 Å². The van der Waals surface area contributed by atoms with Crippen LogP contribution in [0.15, 0.2) is 18.2 Å². The quantitative estimate of drug-likeness (QED) is 0.874. The number of hydrogen-bond donors (Lipinski definition) is 2. The Hall–Kier alpha value is -1.26. The molecular weight excluding hydrogens is 300 g/mol. The number of halogens is 1. The number of aryl methyl sites for hydroxylation is 1. The van der Waals surface area contributed by atoms with Gasteiger partial charge in [0.15, 0.2) is 0 Å². The summed E-state index contributed by atoms with van der Waals surface area (Å²) in [6, 6.07) is 6.04. The SMILES string of the molecule is CCOc1cc(C)ccc1CNC(=O)C1(N)CCCCC1.Cl. The van der Waals surface area contributed by atoms with E-state index in [4.69, 9.17) is 10.5 Å². The Morgan fingerprint density at radius 1 is 1.32 bits per heavy atom. The van der Waals surface area contributed by atoms with Gasteiger partial charge in [0.25, 0.3) is 0 Å². The fourth-order valence-electron chi connectivity index (χ4n) is 2.86. The minimum atomic E-state index is -0.686. The highest BCUT2D eigenvalue weighted by molar-refractivity contribution is 5.86. The Bertz CT molecular complexity index is 499. The number of benzene rings is 1. The second-order valence-corrected chi connectivity index (χ2v) is 5.94. The average molecular weight is 327 g/mol. The van der Waals surface area contributed by atoms with Crippen molar-refractivity contribution in [1.29, 1.82) is 0 Å². The maximum Gasteiger partial charge on any atom is 0.240 e. The molecule has 0 aliphatic heterocycles. The Morgan fingerprint density at radius 2 is 2.00 bits per heavy atom. The minimum absolute atomic E-state index is 0. The number of rotatable bonds is 5. The lowest BCUT2D eigenvalue weighted by atomic mass is 9.82. The van der Waals surface area contributed by atoms with Gasteiger partial charge in [-0.05, 0) is 38.3 Å². The van der Waals surface area contributed by atoms with Crippen LogP contribution in [0.4, 0.5) is 0 Å². The summed E-state index contributed by atoms with van der Waals surface area (Å²) in [6.45, 7) is 5.07. The lowest BCUT2D eigenvalue weighted by Gasteiger charge is -2.31. The summed E-state index contributed by atoms with van der Waals surface area (Å²) in [6.07, 6.45) is 4.83. The van der Waals surface area contributed by atoms with Crippen LogP contribution in [-0.2, 0) is 11.3 Å². The molecule has 1 aliphatic carbocycles. The summed E-state index contributed by atoms with van der Waals surface area (Å²) in [4.78, 5) is 12.4. The second kappa shape index (κ2) is 8.39. The van der Waals surface area contributed by atoms with Crippen molar-refractivity contribution in [2.24, 2.45) is 5.73 Å². The van der Waals surface area contributed by atoms with Crippen LogP contribution in [0, 0.1) is 6.92 Å². The van der Waals surface area contributed by atoms with E-state index in [0.29, 0.717) is 13.2 Å². The molecule has 1 amide bonds. The summed E-state index contributed by atoms with van der Waals surface area (Å²) in [5.74, 6) is 0.803. The van der Waals surface area contributed by atoms with E-state index in [-0.39, 0.29) is 18.3 Å². The maximum atomic E-state index is 12.4. The first-order chi connectivity index (χ1) is 10.0. The van der Waals surface area contributed by atoms with Crippen molar-refractivity contribution in [1.82, 2.24) is 5.32 Å². The van der Waals surface area contributed by atoms with Crippen molar-refractivity contribution in [3.8, 4) is 5.75 Å². The summed E-state index contributed by atoms with van der Waals surface area (Å²) in [5.41, 5.74) is 7.70. The lowest BCUT2D eigenvalue weighted by Crippen LogP contribution is -2.54. The molecule has 0 unspecified atom stereocenters. The van der Waals surface area contributed by atoms with E-state index < -0.39 is 5.54 Å². The highest BCUT2D eigenvalue weighted by Crippen LogP contribution is 2.26. The van der Waals surface area contributed by atoms with Gasteiger partial charge in [0, 0.05) is 12.1 Å². The molecule has 1 fully saturated rings. The Labute approximate surface area is 139 Å². The summed E-state index contributed by atoms with van der Waals surface area (Å²) in [5, 5.41) is 2.98. The number of carbonyl (C=O) groups excluding carboxylic acids is 1. The van der Waals surface area contributed by atoms with Gasteiger partial charge in [0.2, 0.25) is 5.91 Å².